The molecule has 50 heavy (non-hydrogen) atoms. The molecule has 0 amide bonds. The largest absolute Gasteiger partial charge is 2.00 e. The van der Waals surface area contributed by atoms with Gasteiger partial charge in [0.05, 0.1) is 0 Å². The van der Waals surface area contributed by atoms with Gasteiger partial charge in [-0.3, -0.25) is 0 Å². The van der Waals surface area contributed by atoms with Crippen LogP contribution in [0.4, 0.5) is 0 Å². The standard InChI is InChI=1S/2C23H27.C2H6Si.Zr/c2*1-5-17(4)20-10-6-7-11-21(20)22-12-8-9-19-14-18(13-16(2)3)15-23(19)22;1-3-2;/h2*6-12,14-17H,5,13H2,1-4H3;1-2H3;/q2*-1;;+2. The van der Waals surface area contributed by atoms with Crippen molar-refractivity contribution >= 4 is 31.1 Å². The molecule has 0 aliphatic rings. The van der Waals surface area contributed by atoms with Crippen LogP contribution in [0.5, 0.6) is 0 Å². The van der Waals surface area contributed by atoms with Crippen molar-refractivity contribution in [3.63, 3.8) is 0 Å². The maximum absolute atomic E-state index is 2.40. The average molecular weight is 756 g/mol. The molecule has 0 N–H and O–H groups in total. The molecule has 0 saturated heterocycles. The van der Waals surface area contributed by atoms with Crippen LogP contribution in [0.3, 0.4) is 0 Å². The molecule has 2 heteroatoms. The van der Waals surface area contributed by atoms with E-state index in [9.17, 15) is 0 Å². The van der Waals surface area contributed by atoms with E-state index in [1.165, 1.54) is 78.9 Å². The molecule has 0 spiro atoms. The van der Waals surface area contributed by atoms with Crippen molar-refractivity contribution in [2.45, 2.75) is 106 Å². The maximum atomic E-state index is 2.40. The second-order valence-electron chi connectivity index (χ2n) is 14.8. The third kappa shape index (κ3) is 10.6. The SMILES string of the molecule is CCC(C)c1ccccc1-c1cccc2[cH-]c(CC(C)C)cc12.CCC(C)c1ccccc1-c1cccc2[cH-]c(CC(C)C)cc12.C[Si]C.[Zr+2]. The van der Waals surface area contributed by atoms with Crippen LogP contribution in [0.1, 0.15) is 102 Å². The summed E-state index contributed by atoms with van der Waals surface area (Å²) in [5.41, 5.74) is 11.4. The predicted octanol–water partition coefficient (Wildman–Crippen LogP) is 14.7. The number of benzene rings is 4. The molecular formula is C48H60SiZr. The van der Waals surface area contributed by atoms with Crippen LogP contribution in [-0.2, 0) is 39.0 Å². The van der Waals surface area contributed by atoms with Crippen LogP contribution >= 0.6 is 0 Å². The Balaban J connectivity index is 0.000000246. The topological polar surface area (TPSA) is 0 Å². The zero-order chi connectivity index (χ0) is 35.5. The molecule has 2 atom stereocenters. The van der Waals surface area contributed by atoms with Gasteiger partial charge >= 0.3 is 26.2 Å². The van der Waals surface area contributed by atoms with Crippen molar-refractivity contribution in [2.75, 3.05) is 0 Å². The van der Waals surface area contributed by atoms with E-state index >= 15 is 0 Å². The zero-order valence-corrected chi connectivity index (χ0v) is 36.0. The van der Waals surface area contributed by atoms with E-state index in [2.05, 4.69) is 178 Å². The summed E-state index contributed by atoms with van der Waals surface area (Å²) in [6.07, 6.45) is 4.65. The Labute approximate surface area is 326 Å². The Morgan fingerprint density at radius 1 is 0.500 bits per heavy atom. The summed E-state index contributed by atoms with van der Waals surface area (Å²) >= 11 is 0. The smallest absolute Gasteiger partial charge is 0.164 e. The molecule has 2 radical (unpaired) electrons. The third-order valence-corrected chi connectivity index (χ3v) is 9.70. The van der Waals surface area contributed by atoms with E-state index in [0.29, 0.717) is 23.7 Å². The molecule has 6 aromatic rings. The summed E-state index contributed by atoms with van der Waals surface area (Å²) in [6, 6.07) is 40.8. The van der Waals surface area contributed by atoms with Gasteiger partial charge in [0.2, 0.25) is 0 Å². The molecule has 0 bridgehead atoms. The minimum atomic E-state index is 0. The molecule has 0 aromatic heterocycles. The van der Waals surface area contributed by atoms with Crippen molar-refractivity contribution in [3.8, 4) is 22.3 Å². The molecule has 6 rings (SSSR count). The molecule has 0 nitrogen and oxygen atoms in total. The number of hydrogen-bond donors (Lipinski definition) is 0. The Morgan fingerprint density at radius 3 is 1.18 bits per heavy atom. The fraction of sp³-hybridized carbons (Fsp3) is 0.375. The fourth-order valence-electron chi connectivity index (χ4n) is 7.03. The minimum Gasteiger partial charge on any atom is -0.164 e. The molecule has 0 fully saturated rings. The average Bonchev–Trinajstić information content (AvgIpc) is 3.70. The van der Waals surface area contributed by atoms with Crippen molar-refractivity contribution < 1.29 is 26.2 Å². The monoisotopic (exact) mass is 754 g/mol. The number of rotatable bonds is 10. The minimum absolute atomic E-state index is 0. The van der Waals surface area contributed by atoms with Crippen LogP contribution in [0, 0.1) is 11.8 Å². The van der Waals surface area contributed by atoms with Crippen LogP contribution in [0.15, 0.2) is 109 Å². The van der Waals surface area contributed by atoms with Gasteiger partial charge < -0.3 is 0 Å². The van der Waals surface area contributed by atoms with Gasteiger partial charge in [0.15, 0.2) is 0 Å². The third-order valence-electron chi connectivity index (χ3n) is 9.70. The van der Waals surface area contributed by atoms with Crippen LogP contribution < -0.4 is 0 Å². The first-order chi connectivity index (χ1) is 23.6. The molecule has 260 valence electrons. The van der Waals surface area contributed by atoms with Crippen LogP contribution in [0.25, 0.3) is 43.8 Å². The maximum Gasteiger partial charge on any atom is 2.00 e. The summed E-state index contributed by atoms with van der Waals surface area (Å²) in [4.78, 5) is 0. The van der Waals surface area contributed by atoms with E-state index in [1.807, 2.05) is 0 Å². The predicted molar refractivity (Wildman–Crippen MR) is 222 cm³/mol. The number of hydrogen-bond acceptors (Lipinski definition) is 0. The Hall–Kier alpha value is -2.80. The van der Waals surface area contributed by atoms with Crippen molar-refractivity contribution in [1.29, 1.82) is 0 Å². The van der Waals surface area contributed by atoms with E-state index in [-0.39, 0.29) is 26.2 Å². The fourth-order valence-corrected chi connectivity index (χ4v) is 7.03. The van der Waals surface area contributed by atoms with E-state index < -0.39 is 0 Å². The molecule has 0 aliphatic carbocycles. The molecule has 0 heterocycles. The summed E-state index contributed by atoms with van der Waals surface area (Å²) in [6.45, 7) is 22.7. The van der Waals surface area contributed by atoms with Gasteiger partial charge in [-0.2, -0.15) is 12.1 Å². The first kappa shape index (κ1) is 41.6. The van der Waals surface area contributed by atoms with Crippen molar-refractivity contribution in [2.24, 2.45) is 11.8 Å². The Kier molecular flexibility index (Phi) is 16.9. The molecule has 6 aromatic carbocycles. The van der Waals surface area contributed by atoms with Gasteiger partial charge in [-0.25, -0.2) is 0 Å². The normalized spacial score (nSPS) is 12.2. The Bertz CT molecular complexity index is 1750. The molecule has 0 saturated carbocycles. The van der Waals surface area contributed by atoms with E-state index in [1.54, 1.807) is 0 Å². The summed E-state index contributed by atoms with van der Waals surface area (Å²) in [5, 5.41) is 5.55. The number of fused-ring (bicyclic) bond motifs is 2. The first-order valence-electron chi connectivity index (χ1n) is 18.7. The van der Waals surface area contributed by atoms with Crippen molar-refractivity contribution in [1.82, 2.24) is 0 Å². The van der Waals surface area contributed by atoms with Gasteiger partial charge in [0.1, 0.15) is 0 Å². The molecule has 0 aliphatic heterocycles. The van der Waals surface area contributed by atoms with Crippen molar-refractivity contribution in [3.05, 3.63) is 131 Å². The van der Waals surface area contributed by atoms with Gasteiger partial charge in [-0.15, -0.1) is 69.1 Å². The van der Waals surface area contributed by atoms with E-state index in [0.717, 1.165) is 22.4 Å². The van der Waals surface area contributed by atoms with Gasteiger partial charge in [0.25, 0.3) is 0 Å². The van der Waals surface area contributed by atoms with Crippen LogP contribution in [-0.4, -0.2) is 9.52 Å². The van der Waals surface area contributed by atoms with Gasteiger partial charge in [-0.05, 0) is 71.6 Å². The first-order valence-corrected chi connectivity index (χ1v) is 20.7. The summed E-state index contributed by atoms with van der Waals surface area (Å²) < 4.78 is 0. The van der Waals surface area contributed by atoms with E-state index in [4.69, 9.17) is 0 Å². The summed E-state index contributed by atoms with van der Waals surface area (Å²) in [5.74, 6) is 2.57. The van der Waals surface area contributed by atoms with Gasteiger partial charge in [0, 0.05) is 9.52 Å². The quantitative estimate of drug-likeness (QED) is 0.0965. The van der Waals surface area contributed by atoms with Gasteiger partial charge in [-0.1, -0.05) is 140 Å². The zero-order valence-electron chi connectivity index (χ0n) is 32.5. The summed E-state index contributed by atoms with van der Waals surface area (Å²) in [7, 11) is 1.08. The second-order valence-corrected chi connectivity index (χ2v) is 15.8. The molecule has 2 unspecified atom stereocenters. The molecular weight excluding hydrogens is 696 g/mol. The Morgan fingerprint density at radius 2 is 0.840 bits per heavy atom. The second kappa shape index (κ2) is 20.3. The van der Waals surface area contributed by atoms with Crippen LogP contribution in [0.2, 0.25) is 13.1 Å².